The van der Waals surface area contributed by atoms with Crippen LogP contribution in [0.4, 0.5) is 0 Å². The number of hydrogen-bond donors (Lipinski definition) is 1. The third-order valence-corrected chi connectivity index (χ3v) is 2.70. The number of aliphatic hydroxyl groups excluding tert-OH is 1. The van der Waals surface area contributed by atoms with Crippen LogP contribution in [0.1, 0.15) is 60.3 Å². The lowest BCUT2D eigenvalue weighted by molar-refractivity contribution is -0.143. The molecule has 23 heavy (non-hydrogen) atoms. The number of aliphatic hydroxyl groups is 1. The fourth-order valence-electron chi connectivity index (χ4n) is 1.26. The highest BCUT2D eigenvalue weighted by molar-refractivity contribution is 5.86. The Morgan fingerprint density at radius 2 is 1.61 bits per heavy atom. The number of ether oxygens (including phenoxy) is 3. The molecule has 0 saturated carbocycles. The summed E-state index contributed by atoms with van der Waals surface area (Å²) in [6.07, 6.45) is 4.19. The van der Waals surface area contributed by atoms with E-state index in [0.717, 1.165) is 13.2 Å². The second-order valence-electron chi connectivity index (χ2n) is 5.69. The van der Waals surface area contributed by atoms with Gasteiger partial charge >= 0.3 is 5.97 Å². The van der Waals surface area contributed by atoms with Gasteiger partial charge in [0.2, 0.25) is 0 Å². The molecule has 0 aromatic rings. The maximum atomic E-state index is 11.0. The molecule has 0 rings (SSSR count). The summed E-state index contributed by atoms with van der Waals surface area (Å²) in [5.74, 6) is -0.419. The van der Waals surface area contributed by atoms with Gasteiger partial charge in [-0.2, -0.15) is 0 Å². The van der Waals surface area contributed by atoms with Gasteiger partial charge in [0.1, 0.15) is 6.61 Å². The predicted octanol–water partition coefficient (Wildman–Crippen LogP) is 3.49. The SMILES string of the molecule is C=C(C)C(=O)OCC(C)OCC(C)O.CCCCOCCCC. The molecule has 2 atom stereocenters. The van der Waals surface area contributed by atoms with Crippen molar-refractivity contribution in [2.75, 3.05) is 26.4 Å². The van der Waals surface area contributed by atoms with Crippen molar-refractivity contribution in [3.8, 4) is 0 Å². The molecule has 0 aliphatic rings. The van der Waals surface area contributed by atoms with Gasteiger partial charge in [-0.25, -0.2) is 4.79 Å². The minimum Gasteiger partial charge on any atom is -0.460 e. The van der Waals surface area contributed by atoms with Crippen LogP contribution in [0.3, 0.4) is 0 Å². The molecule has 0 amide bonds. The maximum Gasteiger partial charge on any atom is 0.333 e. The molecule has 5 heteroatoms. The van der Waals surface area contributed by atoms with Gasteiger partial charge in [0.15, 0.2) is 0 Å². The minimum absolute atomic E-state index is 0.179. The average molecular weight is 332 g/mol. The van der Waals surface area contributed by atoms with Crippen LogP contribution in [0, 0.1) is 0 Å². The molecular formula is C18H36O5. The van der Waals surface area contributed by atoms with Crippen molar-refractivity contribution < 1.29 is 24.1 Å². The lowest BCUT2D eigenvalue weighted by Crippen LogP contribution is -2.23. The van der Waals surface area contributed by atoms with Gasteiger partial charge < -0.3 is 19.3 Å². The van der Waals surface area contributed by atoms with E-state index in [-0.39, 0.29) is 19.3 Å². The van der Waals surface area contributed by atoms with Crippen LogP contribution >= 0.6 is 0 Å². The Kier molecular flexibility index (Phi) is 18.5. The van der Waals surface area contributed by atoms with Gasteiger partial charge in [0.25, 0.3) is 0 Å². The molecule has 0 aromatic carbocycles. The molecule has 138 valence electrons. The van der Waals surface area contributed by atoms with Crippen molar-refractivity contribution >= 4 is 5.97 Å². The van der Waals surface area contributed by atoms with E-state index in [9.17, 15) is 4.79 Å². The first-order valence-electron chi connectivity index (χ1n) is 8.55. The Hall–Kier alpha value is -0.910. The van der Waals surface area contributed by atoms with Gasteiger partial charge in [-0.05, 0) is 33.6 Å². The quantitative estimate of drug-likeness (QED) is 0.337. The third kappa shape index (κ3) is 21.1. The summed E-state index contributed by atoms with van der Waals surface area (Å²) < 4.78 is 15.3. The van der Waals surface area contributed by atoms with Crippen molar-refractivity contribution in [1.29, 1.82) is 0 Å². The molecule has 0 aromatic heterocycles. The lowest BCUT2D eigenvalue weighted by Gasteiger charge is -2.14. The summed E-state index contributed by atoms with van der Waals surface area (Å²) in [7, 11) is 0. The van der Waals surface area contributed by atoms with Crippen molar-refractivity contribution in [1.82, 2.24) is 0 Å². The predicted molar refractivity (Wildman–Crippen MR) is 93.5 cm³/mol. The summed E-state index contributed by atoms with van der Waals surface area (Å²) in [5.41, 5.74) is 0.368. The van der Waals surface area contributed by atoms with Crippen molar-refractivity contribution in [2.24, 2.45) is 0 Å². The molecule has 0 aliphatic heterocycles. The number of carbonyl (C=O) groups is 1. The van der Waals surface area contributed by atoms with Gasteiger partial charge in [0.05, 0.1) is 18.8 Å². The minimum atomic E-state index is -0.505. The second-order valence-corrected chi connectivity index (χ2v) is 5.69. The van der Waals surface area contributed by atoms with Gasteiger partial charge in [-0.1, -0.05) is 33.3 Å². The summed E-state index contributed by atoms with van der Waals surface area (Å²) in [6, 6.07) is 0. The largest absolute Gasteiger partial charge is 0.460 e. The van der Waals surface area contributed by atoms with E-state index in [1.165, 1.54) is 25.7 Å². The number of hydrogen-bond acceptors (Lipinski definition) is 5. The van der Waals surface area contributed by atoms with E-state index in [4.69, 9.17) is 19.3 Å². The van der Waals surface area contributed by atoms with Crippen molar-refractivity contribution in [3.05, 3.63) is 12.2 Å². The Morgan fingerprint density at radius 3 is 2.00 bits per heavy atom. The average Bonchev–Trinajstić information content (AvgIpc) is 2.51. The van der Waals surface area contributed by atoms with E-state index in [2.05, 4.69) is 20.4 Å². The molecule has 0 heterocycles. The highest BCUT2D eigenvalue weighted by Gasteiger charge is 2.08. The molecule has 5 nitrogen and oxygen atoms in total. The summed E-state index contributed by atoms with van der Waals surface area (Å²) in [6.45, 7) is 15.1. The molecule has 0 saturated heterocycles. The highest BCUT2D eigenvalue weighted by Crippen LogP contribution is 1.98. The monoisotopic (exact) mass is 332 g/mol. The van der Waals surface area contributed by atoms with Crippen LogP contribution < -0.4 is 0 Å². The van der Waals surface area contributed by atoms with Crippen molar-refractivity contribution in [2.45, 2.75) is 72.5 Å². The zero-order valence-electron chi connectivity index (χ0n) is 15.6. The first-order valence-corrected chi connectivity index (χ1v) is 8.55. The Bertz CT molecular complexity index is 283. The van der Waals surface area contributed by atoms with Crippen LogP contribution in [-0.4, -0.2) is 49.7 Å². The summed E-state index contributed by atoms with van der Waals surface area (Å²) in [4.78, 5) is 11.0. The number of esters is 1. The fourth-order valence-corrected chi connectivity index (χ4v) is 1.26. The zero-order chi connectivity index (χ0) is 18.1. The van der Waals surface area contributed by atoms with Crippen LogP contribution in [0.25, 0.3) is 0 Å². The van der Waals surface area contributed by atoms with E-state index in [1.807, 2.05) is 0 Å². The number of carbonyl (C=O) groups excluding carboxylic acids is 1. The Morgan fingerprint density at radius 1 is 1.09 bits per heavy atom. The molecular weight excluding hydrogens is 296 g/mol. The lowest BCUT2D eigenvalue weighted by atomic mass is 10.3. The van der Waals surface area contributed by atoms with Crippen LogP contribution in [0.15, 0.2) is 12.2 Å². The van der Waals surface area contributed by atoms with Gasteiger partial charge in [-0.3, -0.25) is 0 Å². The van der Waals surface area contributed by atoms with Gasteiger partial charge in [-0.15, -0.1) is 0 Å². The molecule has 0 radical (unpaired) electrons. The normalized spacial score (nSPS) is 12.8. The van der Waals surface area contributed by atoms with Crippen LogP contribution in [0.5, 0.6) is 0 Å². The van der Waals surface area contributed by atoms with Crippen LogP contribution in [0.2, 0.25) is 0 Å². The second kappa shape index (κ2) is 17.4. The first-order chi connectivity index (χ1) is 10.8. The topological polar surface area (TPSA) is 65.0 Å². The molecule has 0 bridgehead atoms. The van der Waals surface area contributed by atoms with Crippen LogP contribution in [-0.2, 0) is 19.0 Å². The number of rotatable bonds is 12. The Labute approximate surface area is 142 Å². The first kappa shape index (κ1) is 24.3. The molecule has 2 unspecified atom stereocenters. The fraction of sp³-hybridized carbons (Fsp3) is 0.833. The van der Waals surface area contributed by atoms with E-state index >= 15 is 0 Å². The highest BCUT2D eigenvalue weighted by atomic mass is 16.6. The van der Waals surface area contributed by atoms with E-state index < -0.39 is 12.1 Å². The Balaban J connectivity index is 0. The molecule has 1 N–H and O–H groups in total. The number of unbranched alkanes of at least 4 members (excludes halogenated alkanes) is 2. The molecule has 0 spiro atoms. The zero-order valence-corrected chi connectivity index (χ0v) is 15.6. The van der Waals surface area contributed by atoms with Crippen molar-refractivity contribution in [3.63, 3.8) is 0 Å². The maximum absolute atomic E-state index is 11.0. The summed E-state index contributed by atoms with van der Waals surface area (Å²) in [5, 5.41) is 8.92. The summed E-state index contributed by atoms with van der Waals surface area (Å²) >= 11 is 0. The third-order valence-electron chi connectivity index (χ3n) is 2.70. The van der Waals surface area contributed by atoms with E-state index in [0.29, 0.717) is 5.57 Å². The van der Waals surface area contributed by atoms with Gasteiger partial charge in [0, 0.05) is 18.8 Å². The smallest absolute Gasteiger partial charge is 0.333 e. The molecule has 0 aliphatic carbocycles. The standard InChI is InChI=1S/C10H18O4.C8H18O/c1-7(2)10(12)14-6-9(4)13-5-8(3)11;1-3-5-7-9-8-6-4-2/h8-9,11H,1,5-6H2,2-4H3;3-8H2,1-2H3. The molecule has 0 fully saturated rings. The van der Waals surface area contributed by atoms with E-state index in [1.54, 1.807) is 20.8 Å².